The average molecular weight is 438 g/mol. The quantitative estimate of drug-likeness (QED) is 0.406. The second kappa shape index (κ2) is 8.53. The van der Waals surface area contributed by atoms with Crippen LogP contribution in [0.3, 0.4) is 0 Å². The van der Waals surface area contributed by atoms with Crippen LogP contribution in [-0.4, -0.2) is 30.8 Å². The number of nitrogens with one attached hydrogen (secondary N) is 1. The van der Waals surface area contributed by atoms with Crippen molar-refractivity contribution in [2.45, 2.75) is 13.3 Å². The number of aromatic nitrogens is 4. The van der Waals surface area contributed by atoms with Gasteiger partial charge in [0.1, 0.15) is 5.82 Å². The van der Waals surface area contributed by atoms with Gasteiger partial charge < -0.3 is 10.4 Å². The molecule has 0 fully saturated rings. The molecule has 31 heavy (non-hydrogen) atoms. The van der Waals surface area contributed by atoms with Crippen LogP contribution in [0.5, 0.6) is 0 Å². The van der Waals surface area contributed by atoms with Gasteiger partial charge in [0, 0.05) is 34.7 Å². The summed E-state index contributed by atoms with van der Waals surface area (Å²) in [7, 11) is 0. The van der Waals surface area contributed by atoms with Gasteiger partial charge in [-0.3, -0.25) is 4.98 Å². The van der Waals surface area contributed by atoms with E-state index in [1.54, 1.807) is 47.4 Å². The van der Waals surface area contributed by atoms with Crippen molar-refractivity contribution in [1.82, 2.24) is 19.7 Å². The lowest BCUT2D eigenvalue weighted by atomic mass is 10.1. The summed E-state index contributed by atoms with van der Waals surface area (Å²) in [5.74, 6) is -1.20. The van der Waals surface area contributed by atoms with E-state index in [1.807, 2.05) is 6.92 Å². The highest BCUT2D eigenvalue weighted by Crippen LogP contribution is 2.36. The summed E-state index contributed by atoms with van der Waals surface area (Å²) in [5, 5.41) is 17.9. The van der Waals surface area contributed by atoms with Crippen LogP contribution < -0.4 is 5.32 Å². The van der Waals surface area contributed by atoms with Crippen molar-refractivity contribution in [2.24, 2.45) is 0 Å². The van der Waals surface area contributed by atoms with Gasteiger partial charge in [0.25, 0.3) is 0 Å². The normalized spacial score (nSPS) is 10.8. The highest BCUT2D eigenvalue weighted by atomic mass is 35.5. The van der Waals surface area contributed by atoms with Crippen LogP contribution in [0.25, 0.3) is 16.8 Å². The van der Waals surface area contributed by atoms with E-state index in [0.29, 0.717) is 34.1 Å². The maximum absolute atomic E-state index is 13.4. The zero-order chi connectivity index (χ0) is 22.0. The van der Waals surface area contributed by atoms with Gasteiger partial charge in [-0.25, -0.2) is 14.5 Å². The van der Waals surface area contributed by atoms with Gasteiger partial charge in [-0.1, -0.05) is 18.5 Å². The Kier molecular flexibility index (Phi) is 5.64. The topological polar surface area (TPSA) is 92.9 Å². The number of benzene rings is 1. The lowest BCUT2D eigenvalue weighted by Crippen LogP contribution is -2.07. The third-order valence-corrected chi connectivity index (χ3v) is 4.92. The largest absolute Gasteiger partial charge is 0.478 e. The van der Waals surface area contributed by atoms with Crippen LogP contribution in [0.2, 0.25) is 5.02 Å². The first-order chi connectivity index (χ1) is 15.0. The molecule has 0 unspecified atom stereocenters. The molecule has 0 radical (unpaired) electrons. The summed E-state index contributed by atoms with van der Waals surface area (Å²) in [6.07, 6.45) is 5.28. The third kappa shape index (κ3) is 4.10. The van der Waals surface area contributed by atoms with E-state index >= 15 is 0 Å². The lowest BCUT2D eigenvalue weighted by molar-refractivity contribution is 0.0698. The maximum Gasteiger partial charge on any atom is 0.337 e. The Hall–Kier alpha value is -3.78. The molecule has 1 aromatic carbocycles. The van der Waals surface area contributed by atoms with Crippen molar-refractivity contribution in [3.05, 3.63) is 83.3 Å². The fourth-order valence-corrected chi connectivity index (χ4v) is 3.43. The molecule has 2 N–H and O–H groups in total. The van der Waals surface area contributed by atoms with Gasteiger partial charge >= 0.3 is 5.97 Å². The zero-order valence-electron chi connectivity index (χ0n) is 16.4. The van der Waals surface area contributed by atoms with Crippen LogP contribution in [0.4, 0.5) is 15.9 Å². The number of halogens is 2. The minimum absolute atomic E-state index is 0.0104. The number of carbonyl (C=O) groups is 1. The molecule has 3 heterocycles. The first-order valence-electron chi connectivity index (χ1n) is 9.42. The van der Waals surface area contributed by atoms with Gasteiger partial charge in [0.2, 0.25) is 5.95 Å². The fraction of sp³-hybridized carbons (Fsp3) is 0.0909. The number of pyridine rings is 2. The molecule has 4 rings (SSSR count). The first kappa shape index (κ1) is 20.5. The summed E-state index contributed by atoms with van der Waals surface area (Å²) >= 11 is 6.00. The predicted octanol–water partition coefficient (Wildman–Crippen LogP) is 5.13. The van der Waals surface area contributed by atoms with Crippen molar-refractivity contribution < 1.29 is 14.3 Å². The lowest BCUT2D eigenvalue weighted by Gasteiger charge is -2.14. The Morgan fingerprint density at radius 1 is 1.19 bits per heavy atom. The Morgan fingerprint density at radius 2 is 1.97 bits per heavy atom. The zero-order valence-corrected chi connectivity index (χ0v) is 17.1. The molecule has 0 atom stereocenters. The number of aromatic carboxylic acids is 1. The number of hydrogen-bond donors (Lipinski definition) is 2. The molecule has 9 heteroatoms. The second-order valence-corrected chi connectivity index (χ2v) is 7.07. The van der Waals surface area contributed by atoms with E-state index in [1.165, 1.54) is 18.3 Å². The highest BCUT2D eigenvalue weighted by molar-refractivity contribution is 6.31. The Bertz CT molecular complexity index is 1240. The average Bonchev–Trinajstić information content (AvgIpc) is 3.14. The van der Waals surface area contributed by atoms with Gasteiger partial charge in [-0.15, -0.1) is 0 Å². The summed E-state index contributed by atoms with van der Waals surface area (Å²) in [5.41, 5.74) is 3.14. The summed E-state index contributed by atoms with van der Waals surface area (Å²) < 4.78 is 15.1. The van der Waals surface area contributed by atoms with Gasteiger partial charge in [0.15, 0.2) is 0 Å². The molecule has 0 aliphatic heterocycles. The fourth-order valence-electron chi connectivity index (χ4n) is 3.26. The number of rotatable bonds is 6. The van der Waals surface area contributed by atoms with Crippen LogP contribution in [-0.2, 0) is 6.42 Å². The molecular formula is C22H17ClFN5O2. The standard InChI is InChI=1S/C22H17ClFN5O2/c1-2-17-20(13-3-6-19(24)26-12-13)21(29(28-17)15-7-9-25-10-8-15)27-18-5-4-14(23)11-16(18)22(30)31/h3-12,27H,2H2,1H3,(H,30,31). The molecule has 0 amide bonds. The number of carboxylic acid groups (broad SMARTS) is 1. The van der Waals surface area contributed by atoms with Gasteiger partial charge in [0.05, 0.1) is 22.6 Å². The first-order valence-corrected chi connectivity index (χ1v) is 9.79. The Balaban J connectivity index is 1.96. The monoisotopic (exact) mass is 437 g/mol. The Morgan fingerprint density at radius 3 is 2.61 bits per heavy atom. The molecule has 156 valence electrons. The van der Waals surface area contributed by atoms with Crippen molar-refractivity contribution in [3.63, 3.8) is 0 Å². The summed E-state index contributed by atoms with van der Waals surface area (Å²) in [6.45, 7) is 1.95. The molecule has 0 saturated carbocycles. The van der Waals surface area contributed by atoms with Crippen molar-refractivity contribution >= 4 is 29.1 Å². The minimum atomic E-state index is -1.12. The highest BCUT2D eigenvalue weighted by Gasteiger charge is 2.22. The van der Waals surface area contributed by atoms with E-state index in [-0.39, 0.29) is 5.56 Å². The minimum Gasteiger partial charge on any atom is -0.478 e. The van der Waals surface area contributed by atoms with Gasteiger partial charge in [-0.05, 0) is 48.9 Å². The smallest absolute Gasteiger partial charge is 0.337 e. The van der Waals surface area contributed by atoms with Crippen LogP contribution in [0.1, 0.15) is 23.0 Å². The summed E-state index contributed by atoms with van der Waals surface area (Å²) in [6, 6.07) is 11.0. The van der Waals surface area contributed by atoms with Crippen LogP contribution in [0, 0.1) is 5.95 Å². The predicted molar refractivity (Wildman–Crippen MR) is 116 cm³/mol. The van der Waals surface area contributed by atoms with Crippen molar-refractivity contribution in [2.75, 3.05) is 5.32 Å². The van der Waals surface area contributed by atoms with E-state index < -0.39 is 11.9 Å². The maximum atomic E-state index is 13.4. The third-order valence-electron chi connectivity index (χ3n) is 4.68. The Labute approximate surface area is 182 Å². The molecule has 0 aliphatic carbocycles. The van der Waals surface area contributed by atoms with Gasteiger partial charge in [-0.2, -0.15) is 9.49 Å². The second-order valence-electron chi connectivity index (χ2n) is 6.63. The summed E-state index contributed by atoms with van der Waals surface area (Å²) in [4.78, 5) is 19.6. The van der Waals surface area contributed by atoms with E-state index in [0.717, 1.165) is 11.4 Å². The van der Waals surface area contributed by atoms with E-state index in [2.05, 4.69) is 15.3 Å². The molecule has 4 aromatic rings. The van der Waals surface area contributed by atoms with Crippen molar-refractivity contribution in [3.8, 4) is 16.8 Å². The molecule has 0 spiro atoms. The van der Waals surface area contributed by atoms with Crippen molar-refractivity contribution in [1.29, 1.82) is 0 Å². The number of carboxylic acids is 1. The molecule has 0 aliphatic rings. The van der Waals surface area contributed by atoms with Crippen LogP contribution >= 0.6 is 11.6 Å². The molecule has 3 aromatic heterocycles. The number of anilines is 2. The molecule has 0 saturated heterocycles. The molecule has 0 bridgehead atoms. The van der Waals surface area contributed by atoms with E-state index in [4.69, 9.17) is 16.7 Å². The molecular weight excluding hydrogens is 421 g/mol. The number of hydrogen-bond acceptors (Lipinski definition) is 5. The number of nitrogens with zero attached hydrogens (tertiary/aromatic N) is 4. The van der Waals surface area contributed by atoms with E-state index in [9.17, 15) is 14.3 Å². The van der Waals surface area contributed by atoms with Crippen LogP contribution in [0.15, 0.2) is 61.1 Å². The molecule has 7 nitrogen and oxygen atoms in total. The number of aryl methyl sites for hydroxylation is 1. The SMILES string of the molecule is CCc1nn(-c2ccncc2)c(Nc2ccc(Cl)cc2C(=O)O)c1-c1ccc(F)nc1.